The third kappa shape index (κ3) is 5.18. The summed E-state index contributed by atoms with van der Waals surface area (Å²) < 4.78 is 38.6. The number of rotatable bonds is 4. The van der Waals surface area contributed by atoms with E-state index in [1.54, 1.807) is 9.80 Å². The van der Waals surface area contributed by atoms with Gasteiger partial charge in [0.15, 0.2) is 0 Å². The van der Waals surface area contributed by atoms with Crippen molar-refractivity contribution >= 4 is 29.1 Å². The molecule has 0 aliphatic carbocycles. The van der Waals surface area contributed by atoms with Crippen LogP contribution in [0.25, 0.3) is 0 Å². The number of likely N-dealkylation sites (tertiary alicyclic amines) is 1. The molecule has 1 atom stereocenters. The number of hydrogen-bond donors (Lipinski definition) is 1. The number of benzene rings is 2. The van der Waals surface area contributed by atoms with Gasteiger partial charge >= 0.3 is 6.18 Å². The van der Waals surface area contributed by atoms with E-state index in [1.807, 2.05) is 30.3 Å². The first-order valence-electron chi connectivity index (χ1n) is 10.8. The number of nitrogens with zero attached hydrogens (tertiary/aromatic N) is 2. The Balaban J connectivity index is 1.30. The molecule has 1 N–H and O–H groups in total. The smallest absolute Gasteiger partial charge is 0.342 e. The molecule has 3 amide bonds. The number of halogens is 3. The molecule has 174 valence electrons. The molecule has 2 aromatic rings. The van der Waals surface area contributed by atoms with Crippen LogP contribution in [0.15, 0.2) is 54.6 Å². The second kappa shape index (κ2) is 9.25. The summed E-state index contributed by atoms with van der Waals surface area (Å²) in [5, 5.41) is 2.56. The summed E-state index contributed by atoms with van der Waals surface area (Å²) in [5.41, 5.74) is 0.0398. The van der Waals surface area contributed by atoms with Gasteiger partial charge in [0.25, 0.3) is 0 Å². The molecule has 2 aliphatic rings. The van der Waals surface area contributed by atoms with Crippen molar-refractivity contribution in [1.29, 1.82) is 0 Å². The Morgan fingerprint density at radius 1 is 0.939 bits per heavy atom. The SMILES string of the molecule is O=C(Nc1cccc(C(F)(F)F)c1)C1CCN(C(=O)C2CC(=O)N(c3ccccc3)C2)CC1. The lowest BCUT2D eigenvalue weighted by Gasteiger charge is -2.33. The van der Waals surface area contributed by atoms with E-state index in [9.17, 15) is 27.6 Å². The minimum Gasteiger partial charge on any atom is -0.342 e. The summed E-state index contributed by atoms with van der Waals surface area (Å²) in [7, 11) is 0. The second-order valence-corrected chi connectivity index (χ2v) is 8.41. The molecule has 2 saturated heterocycles. The highest BCUT2D eigenvalue weighted by Gasteiger charge is 2.38. The zero-order valence-electron chi connectivity index (χ0n) is 17.8. The Morgan fingerprint density at radius 2 is 1.64 bits per heavy atom. The topological polar surface area (TPSA) is 69.7 Å². The first kappa shape index (κ1) is 22.8. The van der Waals surface area contributed by atoms with Crippen LogP contribution in [0.2, 0.25) is 0 Å². The van der Waals surface area contributed by atoms with Crippen molar-refractivity contribution in [1.82, 2.24) is 4.90 Å². The van der Waals surface area contributed by atoms with Crippen LogP contribution in [-0.4, -0.2) is 42.3 Å². The van der Waals surface area contributed by atoms with Gasteiger partial charge in [-0.1, -0.05) is 24.3 Å². The summed E-state index contributed by atoms with van der Waals surface area (Å²) in [6.45, 7) is 1.07. The fourth-order valence-electron chi connectivity index (χ4n) is 4.37. The summed E-state index contributed by atoms with van der Waals surface area (Å²) >= 11 is 0. The van der Waals surface area contributed by atoms with Crippen LogP contribution in [0.4, 0.5) is 24.5 Å². The molecule has 0 aromatic heterocycles. The Hall–Kier alpha value is -3.36. The monoisotopic (exact) mass is 459 g/mol. The maximum atomic E-state index is 13.0. The molecule has 0 spiro atoms. The summed E-state index contributed by atoms with van der Waals surface area (Å²) in [4.78, 5) is 41.2. The number of hydrogen-bond acceptors (Lipinski definition) is 3. The molecule has 2 aromatic carbocycles. The summed E-state index contributed by atoms with van der Waals surface area (Å²) in [5.74, 6) is -1.36. The van der Waals surface area contributed by atoms with Crippen LogP contribution in [0.1, 0.15) is 24.8 Å². The Labute approximate surface area is 189 Å². The van der Waals surface area contributed by atoms with Gasteiger partial charge < -0.3 is 15.1 Å². The molecule has 1 unspecified atom stereocenters. The van der Waals surface area contributed by atoms with Crippen LogP contribution >= 0.6 is 0 Å². The van der Waals surface area contributed by atoms with Crippen LogP contribution in [-0.2, 0) is 20.6 Å². The molecular formula is C24H24F3N3O3. The predicted octanol–water partition coefficient (Wildman–Crippen LogP) is 3.94. The van der Waals surface area contributed by atoms with Gasteiger partial charge in [0.1, 0.15) is 0 Å². The third-order valence-electron chi connectivity index (χ3n) is 6.18. The van der Waals surface area contributed by atoms with E-state index in [2.05, 4.69) is 5.32 Å². The number of para-hydroxylation sites is 1. The predicted molar refractivity (Wildman–Crippen MR) is 116 cm³/mol. The van der Waals surface area contributed by atoms with Crippen molar-refractivity contribution in [3.63, 3.8) is 0 Å². The Morgan fingerprint density at radius 3 is 2.30 bits per heavy atom. The largest absolute Gasteiger partial charge is 0.416 e. The number of nitrogens with one attached hydrogen (secondary N) is 1. The van der Waals surface area contributed by atoms with Crippen molar-refractivity contribution < 1.29 is 27.6 Å². The standard InChI is InChI=1S/C24H24F3N3O3/c25-24(26,27)18-5-4-6-19(14-18)28-22(32)16-9-11-29(12-10-16)23(33)17-13-21(31)30(15-17)20-7-2-1-3-8-20/h1-8,14,16-17H,9-13,15H2,(H,28,32). The van der Waals surface area contributed by atoms with E-state index < -0.39 is 23.6 Å². The fraction of sp³-hybridized carbons (Fsp3) is 0.375. The second-order valence-electron chi connectivity index (χ2n) is 8.41. The van der Waals surface area contributed by atoms with Crippen LogP contribution < -0.4 is 10.2 Å². The molecule has 2 heterocycles. The molecule has 0 saturated carbocycles. The normalized spacial score (nSPS) is 19.6. The number of amides is 3. The van der Waals surface area contributed by atoms with Gasteiger partial charge in [-0.25, -0.2) is 0 Å². The lowest BCUT2D eigenvalue weighted by Crippen LogP contribution is -2.44. The first-order valence-corrected chi connectivity index (χ1v) is 10.8. The molecule has 0 bridgehead atoms. The van der Waals surface area contributed by atoms with E-state index in [0.29, 0.717) is 32.5 Å². The average molecular weight is 459 g/mol. The van der Waals surface area contributed by atoms with Gasteiger partial charge in [0.05, 0.1) is 11.5 Å². The van der Waals surface area contributed by atoms with Gasteiger partial charge in [-0.15, -0.1) is 0 Å². The molecular weight excluding hydrogens is 435 g/mol. The van der Waals surface area contributed by atoms with Gasteiger partial charge in [0, 0.05) is 43.3 Å². The highest BCUT2D eigenvalue weighted by Crippen LogP contribution is 2.31. The van der Waals surface area contributed by atoms with Crippen molar-refractivity contribution in [2.75, 3.05) is 29.9 Å². The highest BCUT2D eigenvalue weighted by molar-refractivity contribution is 6.00. The number of carbonyl (C=O) groups excluding carboxylic acids is 3. The van der Waals surface area contributed by atoms with E-state index in [4.69, 9.17) is 0 Å². The van der Waals surface area contributed by atoms with Crippen molar-refractivity contribution in [3.05, 3.63) is 60.2 Å². The molecule has 9 heteroatoms. The number of alkyl halides is 3. The number of anilines is 2. The van der Waals surface area contributed by atoms with Crippen LogP contribution in [0, 0.1) is 11.8 Å². The minimum atomic E-state index is -4.48. The van der Waals surface area contributed by atoms with E-state index in [-0.39, 0.29) is 29.8 Å². The molecule has 0 radical (unpaired) electrons. The number of piperidine rings is 1. The molecule has 33 heavy (non-hydrogen) atoms. The van der Waals surface area contributed by atoms with Crippen LogP contribution in [0.5, 0.6) is 0 Å². The highest BCUT2D eigenvalue weighted by atomic mass is 19.4. The zero-order valence-corrected chi connectivity index (χ0v) is 17.8. The van der Waals surface area contributed by atoms with Crippen molar-refractivity contribution in [3.8, 4) is 0 Å². The third-order valence-corrected chi connectivity index (χ3v) is 6.18. The number of carbonyl (C=O) groups is 3. The van der Waals surface area contributed by atoms with E-state index in [0.717, 1.165) is 17.8 Å². The quantitative estimate of drug-likeness (QED) is 0.753. The first-order chi connectivity index (χ1) is 15.7. The minimum absolute atomic E-state index is 0.0881. The van der Waals surface area contributed by atoms with Crippen molar-refractivity contribution in [2.45, 2.75) is 25.4 Å². The van der Waals surface area contributed by atoms with E-state index >= 15 is 0 Å². The van der Waals surface area contributed by atoms with Gasteiger partial charge in [0.2, 0.25) is 17.7 Å². The van der Waals surface area contributed by atoms with Gasteiger partial charge in [-0.3, -0.25) is 14.4 Å². The van der Waals surface area contributed by atoms with Crippen LogP contribution in [0.3, 0.4) is 0 Å². The maximum absolute atomic E-state index is 13.0. The molecule has 2 fully saturated rings. The lowest BCUT2D eigenvalue weighted by atomic mass is 9.94. The molecule has 6 nitrogen and oxygen atoms in total. The van der Waals surface area contributed by atoms with Gasteiger partial charge in [-0.05, 0) is 43.2 Å². The Kier molecular flexibility index (Phi) is 6.40. The zero-order chi connectivity index (χ0) is 23.6. The molecule has 4 rings (SSSR count). The molecule has 2 aliphatic heterocycles. The summed E-state index contributed by atoms with van der Waals surface area (Å²) in [6, 6.07) is 13.7. The average Bonchev–Trinajstić information content (AvgIpc) is 3.20. The van der Waals surface area contributed by atoms with E-state index in [1.165, 1.54) is 12.1 Å². The van der Waals surface area contributed by atoms with Crippen molar-refractivity contribution in [2.24, 2.45) is 11.8 Å². The maximum Gasteiger partial charge on any atom is 0.416 e. The fourth-order valence-corrected chi connectivity index (χ4v) is 4.37. The lowest BCUT2D eigenvalue weighted by molar-refractivity contribution is -0.138. The summed E-state index contributed by atoms with van der Waals surface area (Å²) in [6.07, 6.45) is -3.49. The Bertz CT molecular complexity index is 1030. The van der Waals surface area contributed by atoms with Gasteiger partial charge in [-0.2, -0.15) is 13.2 Å².